The number of fused-ring (bicyclic) bond motifs is 1. The Morgan fingerprint density at radius 2 is 2.33 bits per heavy atom. The molecule has 2 heterocycles. The van der Waals surface area contributed by atoms with Gasteiger partial charge in [-0.1, -0.05) is 0 Å². The molecule has 0 saturated carbocycles. The first kappa shape index (κ1) is 9.45. The van der Waals surface area contributed by atoms with Crippen LogP contribution in [0.5, 0.6) is 5.75 Å². The van der Waals surface area contributed by atoms with Crippen molar-refractivity contribution in [3.63, 3.8) is 0 Å². The van der Waals surface area contributed by atoms with Gasteiger partial charge in [-0.3, -0.25) is 0 Å². The van der Waals surface area contributed by atoms with Crippen molar-refractivity contribution >= 4 is 11.6 Å². The number of nitrogens with zero attached hydrogens (tertiary/aromatic N) is 3. The molecule has 0 atom stereocenters. The van der Waals surface area contributed by atoms with E-state index < -0.39 is 5.97 Å². The second-order valence-electron chi connectivity index (χ2n) is 3.03. The third-order valence-electron chi connectivity index (χ3n) is 2.07. The highest BCUT2D eigenvalue weighted by atomic mass is 16.5. The Balaban J connectivity index is 2.74. The standard InChI is InChI=1S/C9H9N3O3/c1-5-7(9(13)14)8-10-3-6(15-2)4-12(8)11-5/h3-4H,1-2H3,(H,13,14). The number of hydrogen-bond acceptors (Lipinski definition) is 4. The molecule has 0 spiro atoms. The topological polar surface area (TPSA) is 76.7 Å². The molecule has 6 heteroatoms. The highest BCUT2D eigenvalue weighted by Crippen LogP contribution is 2.16. The van der Waals surface area contributed by atoms with Crippen LogP contribution in [0.1, 0.15) is 16.1 Å². The maximum absolute atomic E-state index is 10.9. The first-order valence-electron chi connectivity index (χ1n) is 4.25. The molecule has 0 unspecified atom stereocenters. The van der Waals surface area contributed by atoms with E-state index in [1.165, 1.54) is 17.8 Å². The van der Waals surface area contributed by atoms with Gasteiger partial charge in [0, 0.05) is 0 Å². The Morgan fingerprint density at radius 1 is 1.60 bits per heavy atom. The minimum absolute atomic E-state index is 0.123. The van der Waals surface area contributed by atoms with Crippen molar-refractivity contribution in [3.05, 3.63) is 23.7 Å². The molecule has 2 aromatic rings. The number of aromatic nitrogens is 3. The van der Waals surface area contributed by atoms with E-state index in [-0.39, 0.29) is 5.56 Å². The normalized spacial score (nSPS) is 10.5. The molecule has 2 aromatic heterocycles. The number of aromatic carboxylic acids is 1. The van der Waals surface area contributed by atoms with E-state index in [1.54, 1.807) is 13.1 Å². The van der Waals surface area contributed by atoms with E-state index in [4.69, 9.17) is 9.84 Å². The predicted octanol–water partition coefficient (Wildman–Crippen LogP) is 0.745. The van der Waals surface area contributed by atoms with Crippen LogP contribution in [-0.4, -0.2) is 32.8 Å². The molecule has 0 aromatic carbocycles. The Hall–Kier alpha value is -2.11. The smallest absolute Gasteiger partial charge is 0.341 e. The lowest BCUT2D eigenvalue weighted by atomic mass is 10.2. The third-order valence-corrected chi connectivity index (χ3v) is 2.07. The number of ether oxygens (including phenoxy) is 1. The Labute approximate surface area is 85.1 Å². The SMILES string of the molecule is COc1cnc2c(C(=O)O)c(C)nn2c1. The minimum atomic E-state index is -1.03. The molecule has 15 heavy (non-hydrogen) atoms. The van der Waals surface area contributed by atoms with Gasteiger partial charge in [-0.05, 0) is 6.92 Å². The van der Waals surface area contributed by atoms with Crippen LogP contribution in [0.3, 0.4) is 0 Å². The Bertz CT molecular complexity index is 533. The van der Waals surface area contributed by atoms with Crippen LogP contribution < -0.4 is 4.74 Å². The Kier molecular flexibility index (Phi) is 2.03. The number of hydrogen-bond donors (Lipinski definition) is 1. The third kappa shape index (κ3) is 1.39. The summed E-state index contributed by atoms with van der Waals surface area (Å²) in [5, 5.41) is 13.0. The van der Waals surface area contributed by atoms with E-state index in [0.29, 0.717) is 17.1 Å². The summed E-state index contributed by atoms with van der Waals surface area (Å²) >= 11 is 0. The van der Waals surface area contributed by atoms with E-state index in [0.717, 1.165) is 0 Å². The number of aryl methyl sites for hydroxylation is 1. The van der Waals surface area contributed by atoms with Crippen molar-refractivity contribution in [3.8, 4) is 5.75 Å². The molecule has 0 saturated heterocycles. The maximum Gasteiger partial charge on any atom is 0.341 e. The van der Waals surface area contributed by atoms with Crippen LogP contribution in [0.2, 0.25) is 0 Å². The van der Waals surface area contributed by atoms with Gasteiger partial charge in [-0.25, -0.2) is 14.3 Å². The molecule has 0 fully saturated rings. The van der Waals surface area contributed by atoms with Gasteiger partial charge >= 0.3 is 5.97 Å². The van der Waals surface area contributed by atoms with Gasteiger partial charge in [-0.2, -0.15) is 5.10 Å². The fraction of sp³-hybridized carbons (Fsp3) is 0.222. The first-order valence-corrected chi connectivity index (χ1v) is 4.25. The van der Waals surface area contributed by atoms with E-state index in [2.05, 4.69) is 10.1 Å². The van der Waals surface area contributed by atoms with Gasteiger partial charge in [-0.15, -0.1) is 0 Å². The molecule has 78 valence electrons. The van der Waals surface area contributed by atoms with Crippen molar-refractivity contribution in [2.24, 2.45) is 0 Å². The first-order chi connectivity index (χ1) is 7.13. The molecule has 0 aliphatic rings. The minimum Gasteiger partial charge on any atom is -0.494 e. The van der Waals surface area contributed by atoms with Crippen molar-refractivity contribution in [1.82, 2.24) is 14.6 Å². The van der Waals surface area contributed by atoms with Crippen LogP contribution in [-0.2, 0) is 0 Å². The van der Waals surface area contributed by atoms with Gasteiger partial charge in [0.2, 0.25) is 0 Å². The summed E-state index contributed by atoms with van der Waals surface area (Å²) in [6.45, 7) is 1.63. The lowest BCUT2D eigenvalue weighted by Gasteiger charge is -1.98. The molecular weight excluding hydrogens is 198 g/mol. The predicted molar refractivity (Wildman–Crippen MR) is 51.2 cm³/mol. The van der Waals surface area contributed by atoms with Crippen molar-refractivity contribution in [2.45, 2.75) is 6.92 Å². The average Bonchev–Trinajstić information content (AvgIpc) is 2.52. The summed E-state index contributed by atoms with van der Waals surface area (Å²) in [5.41, 5.74) is 0.877. The molecule has 1 N–H and O–H groups in total. The van der Waals surface area contributed by atoms with E-state index in [1.807, 2.05) is 0 Å². The largest absolute Gasteiger partial charge is 0.494 e. The van der Waals surface area contributed by atoms with Crippen LogP contribution in [0.15, 0.2) is 12.4 Å². The van der Waals surface area contributed by atoms with Crippen molar-refractivity contribution in [2.75, 3.05) is 7.11 Å². The molecule has 2 rings (SSSR count). The van der Waals surface area contributed by atoms with Gasteiger partial charge in [0.25, 0.3) is 0 Å². The summed E-state index contributed by atoms with van der Waals surface area (Å²) in [6.07, 6.45) is 3.05. The highest BCUT2D eigenvalue weighted by molar-refractivity contribution is 5.95. The molecule has 0 aliphatic heterocycles. The quantitative estimate of drug-likeness (QED) is 0.786. The summed E-state index contributed by atoms with van der Waals surface area (Å²) < 4.78 is 6.36. The number of carboxylic acids is 1. The van der Waals surface area contributed by atoms with Crippen molar-refractivity contribution < 1.29 is 14.6 Å². The fourth-order valence-corrected chi connectivity index (χ4v) is 1.38. The molecular formula is C9H9N3O3. The van der Waals surface area contributed by atoms with Crippen LogP contribution in [0.25, 0.3) is 5.65 Å². The lowest BCUT2D eigenvalue weighted by Crippen LogP contribution is -1.99. The highest BCUT2D eigenvalue weighted by Gasteiger charge is 2.17. The second kappa shape index (κ2) is 3.23. The zero-order chi connectivity index (χ0) is 11.0. The van der Waals surface area contributed by atoms with Crippen LogP contribution >= 0.6 is 0 Å². The van der Waals surface area contributed by atoms with E-state index in [9.17, 15) is 4.79 Å². The molecule has 6 nitrogen and oxygen atoms in total. The fourth-order valence-electron chi connectivity index (χ4n) is 1.38. The summed E-state index contributed by atoms with van der Waals surface area (Å²) in [4.78, 5) is 14.9. The zero-order valence-electron chi connectivity index (χ0n) is 8.26. The number of methoxy groups -OCH3 is 1. The van der Waals surface area contributed by atoms with Gasteiger partial charge in [0.05, 0.1) is 25.2 Å². The number of carbonyl (C=O) groups is 1. The molecule has 0 bridgehead atoms. The monoisotopic (exact) mass is 207 g/mol. The second-order valence-corrected chi connectivity index (χ2v) is 3.03. The summed E-state index contributed by atoms with van der Waals surface area (Å²) in [7, 11) is 1.51. The van der Waals surface area contributed by atoms with Crippen LogP contribution in [0.4, 0.5) is 0 Å². The molecule has 0 amide bonds. The molecule has 0 radical (unpaired) electrons. The maximum atomic E-state index is 10.9. The number of carboxylic acid groups (broad SMARTS) is 1. The average molecular weight is 207 g/mol. The molecule has 0 aliphatic carbocycles. The van der Waals surface area contributed by atoms with Crippen molar-refractivity contribution in [1.29, 1.82) is 0 Å². The van der Waals surface area contributed by atoms with Gasteiger partial charge in [0.1, 0.15) is 5.56 Å². The van der Waals surface area contributed by atoms with Gasteiger partial charge < -0.3 is 9.84 Å². The summed E-state index contributed by atoms with van der Waals surface area (Å²) in [5.74, 6) is -0.498. The summed E-state index contributed by atoms with van der Waals surface area (Å²) in [6, 6.07) is 0. The number of rotatable bonds is 2. The lowest BCUT2D eigenvalue weighted by molar-refractivity contribution is 0.0698. The Morgan fingerprint density at radius 3 is 2.93 bits per heavy atom. The van der Waals surface area contributed by atoms with Crippen LogP contribution in [0, 0.1) is 6.92 Å². The van der Waals surface area contributed by atoms with E-state index >= 15 is 0 Å². The zero-order valence-corrected chi connectivity index (χ0v) is 8.26. The van der Waals surface area contributed by atoms with Gasteiger partial charge in [0.15, 0.2) is 11.4 Å².